The van der Waals surface area contributed by atoms with E-state index in [2.05, 4.69) is 26.3 Å². The van der Waals surface area contributed by atoms with Gasteiger partial charge in [-0.1, -0.05) is 12.1 Å². The number of benzene rings is 1. The molecule has 0 radical (unpaired) electrons. The van der Waals surface area contributed by atoms with Gasteiger partial charge in [0.15, 0.2) is 0 Å². The number of nitrogens with zero attached hydrogens (tertiary/aromatic N) is 2. The summed E-state index contributed by atoms with van der Waals surface area (Å²) in [6.45, 7) is 3.46. The summed E-state index contributed by atoms with van der Waals surface area (Å²) < 4.78 is 2.14. The van der Waals surface area contributed by atoms with Crippen molar-refractivity contribution in [1.82, 2.24) is 20.2 Å². The van der Waals surface area contributed by atoms with Crippen molar-refractivity contribution in [2.45, 2.75) is 25.8 Å². The molecule has 1 aliphatic heterocycles. The highest BCUT2D eigenvalue weighted by atomic mass is 35.5. The number of para-hydroxylation sites is 2. The van der Waals surface area contributed by atoms with Crippen LogP contribution in [0.3, 0.4) is 0 Å². The van der Waals surface area contributed by atoms with E-state index in [0.717, 1.165) is 56.5 Å². The third kappa shape index (κ3) is 5.09. The van der Waals surface area contributed by atoms with Crippen LogP contribution in [0.4, 0.5) is 0 Å². The lowest BCUT2D eigenvalue weighted by molar-refractivity contribution is -0.125. The number of imidazole rings is 1. The molecule has 5 nitrogen and oxygen atoms in total. The Morgan fingerprint density at radius 1 is 1.35 bits per heavy atom. The molecule has 1 fully saturated rings. The molecule has 128 valence electrons. The maximum Gasteiger partial charge on any atom is 0.224 e. The number of hydrogen-bond acceptors (Lipinski definition) is 3. The van der Waals surface area contributed by atoms with Crippen LogP contribution in [0.5, 0.6) is 0 Å². The fourth-order valence-electron chi connectivity index (χ4n) is 2.87. The molecule has 23 heavy (non-hydrogen) atoms. The molecule has 0 spiro atoms. The predicted molar refractivity (Wildman–Crippen MR) is 97.4 cm³/mol. The van der Waals surface area contributed by atoms with Crippen LogP contribution in [-0.4, -0.2) is 35.1 Å². The number of aryl methyl sites for hydroxylation is 1. The fraction of sp³-hybridized carbons (Fsp3) is 0.500. The molecule has 7 heteroatoms. The van der Waals surface area contributed by atoms with E-state index < -0.39 is 0 Å². The SMILES string of the molecule is Cl.Cl.O=C(NCCCn1cnc2ccccc21)C1CCCNC1. The molecule has 1 unspecified atom stereocenters. The number of piperidine rings is 1. The van der Waals surface area contributed by atoms with E-state index in [9.17, 15) is 4.79 Å². The smallest absolute Gasteiger partial charge is 0.224 e. The summed E-state index contributed by atoms with van der Waals surface area (Å²) in [5.41, 5.74) is 2.18. The van der Waals surface area contributed by atoms with Crippen molar-refractivity contribution in [1.29, 1.82) is 0 Å². The maximum atomic E-state index is 12.0. The van der Waals surface area contributed by atoms with Crippen LogP contribution >= 0.6 is 24.8 Å². The average molecular weight is 359 g/mol. The number of carbonyl (C=O) groups excluding carboxylic acids is 1. The first kappa shape index (κ1) is 19.7. The van der Waals surface area contributed by atoms with Crippen molar-refractivity contribution in [3.63, 3.8) is 0 Å². The zero-order chi connectivity index (χ0) is 14.5. The summed E-state index contributed by atoms with van der Waals surface area (Å²) in [7, 11) is 0. The van der Waals surface area contributed by atoms with Crippen LogP contribution in [0.25, 0.3) is 11.0 Å². The summed E-state index contributed by atoms with van der Waals surface area (Å²) in [4.78, 5) is 16.4. The highest BCUT2D eigenvalue weighted by Gasteiger charge is 2.19. The van der Waals surface area contributed by atoms with E-state index >= 15 is 0 Å². The Bertz CT molecular complexity index is 611. The molecule has 0 bridgehead atoms. The van der Waals surface area contributed by atoms with Gasteiger partial charge >= 0.3 is 0 Å². The summed E-state index contributed by atoms with van der Waals surface area (Å²) in [5, 5.41) is 6.33. The monoisotopic (exact) mass is 358 g/mol. The van der Waals surface area contributed by atoms with Crippen LogP contribution in [0.1, 0.15) is 19.3 Å². The summed E-state index contributed by atoms with van der Waals surface area (Å²) in [6, 6.07) is 8.12. The van der Waals surface area contributed by atoms with Crippen molar-refractivity contribution >= 4 is 41.8 Å². The third-order valence-electron chi connectivity index (χ3n) is 4.07. The summed E-state index contributed by atoms with van der Waals surface area (Å²) in [6.07, 6.45) is 4.90. The van der Waals surface area contributed by atoms with Crippen molar-refractivity contribution in [3.8, 4) is 0 Å². The molecule has 1 atom stereocenters. The van der Waals surface area contributed by atoms with Gasteiger partial charge in [-0.3, -0.25) is 4.79 Å². The second-order valence-corrected chi connectivity index (χ2v) is 5.61. The summed E-state index contributed by atoms with van der Waals surface area (Å²) >= 11 is 0. The van der Waals surface area contributed by atoms with Gasteiger partial charge in [0.05, 0.1) is 23.3 Å². The van der Waals surface area contributed by atoms with E-state index in [-0.39, 0.29) is 36.6 Å². The Balaban J connectivity index is 0.00000132. The van der Waals surface area contributed by atoms with E-state index in [1.54, 1.807) is 0 Å². The van der Waals surface area contributed by atoms with Gasteiger partial charge < -0.3 is 15.2 Å². The second-order valence-electron chi connectivity index (χ2n) is 5.61. The van der Waals surface area contributed by atoms with Crippen molar-refractivity contribution in [2.75, 3.05) is 19.6 Å². The number of hydrogen-bond donors (Lipinski definition) is 2. The first-order chi connectivity index (χ1) is 10.3. The molecular formula is C16H24Cl2N4O. The first-order valence-corrected chi connectivity index (χ1v) is 7.73. The van der Waals surface area contributed by atoms with E-state index in [0.29, 0.717) is 0 Å². The number of rotatable bonds is 5. The number of aromatic nitrogens is 2. The molecule has 0 aliphatic carbocycles. The second kappa shape index (κ2) is 9.75. The molecule has 1 aliphatic rings. The standard InChI is InChI=1S/C16H22N4O.2ClH/c21-16(13-5-3-8-17-11-13)18-9-4-10-20-12-19-14-6-1-2-7-15(14)20;;/h1-2,6-7,12-13,17H,3-5,8-11H2,(H,18,21);2*1H. The van der Waals surface area contributed by atoms with Crippen LogP contribution in [0.2, 0.25) is 0 Å². The quantitative estimate of drug-likeness (QED) is 0.806. The minimum atomic E-state index is 0. The molecule has 1 amide bonds. The van der Waals surface area contributed by atoms with Gasteiger partial charge in [-0.05, 0) is 37.9 Å². The lowest BCUT2D eigenvalue weighted by Gasteiger charge is -2.21. The van der Waals surface area contributed by atoms with Crippen molar-refractivity contribution < 1.29 is 4.79 Å². The number of halogens is 2. The molecular weight excluding hydrogens is 335 g/mol. The lowest BCUT2D eigenvalue weighted by Crippen LogP contribution is -2.40. The molecule has 1 aromatic carbocycles. The highest BCUT2D eigenvalue weighted by molar-refractivity contribution is 5.85. The minimum absolute atomic E-state index is 0. The topological polar surface area (TPSA) is 59.0 Å². The lowest BCUT2D eigenvalue weighted by atomic mass is 9.99. The highest BCUT2D eigenvalue weighted by Crippen LogP contribution is 2.12. The van der Waals surface area contributed by atoms with Gasteiger partial charge in [0.25, 0.3) is 0 Å². The number of carbonyl (C=O) groups is 1. The maximum absolute atomic E-state index is 12.0. The van der Waals surface area contributed by atoms with Crippen molar-refractivity contribution in [2.24, 2.45) is 5.92 Å². The Morgan fingerprint density at radius 2 is 2.17 bits per heavy atom. The zero-order valence-electron chi connectivity index (χ0n) is 13.0. The van der Waals surface area contributed by atoms with E-state index in [4.69, 9.17) is 0 Å². The number of nitrogens with one attached hydrogen (secondary N) is 2. The predicted octanol–water partition coefficient (Wildman–Crippen LogP) is 2.39. The fourth-order valence-corrected chi connectivity index (χ4v) is 2.87. The van der Waals surface area contributed by atoms with Crippen LogP contribution in [-0.2, 0) is 11.3 Å². The molecule has 3 rings (SSSR count). The third-order valence-corrected chi connectivity index (χ3v) is 4.07. The number of fused-ring (bicyclic) bond motifs is 1. The molecule has 1 saturated heterocycles. The average Bonchev–Trinajstić information content (AvgIpc) is 2.95. The molecule has 2 aromatic rings. The Hall–Kier alpha value is -1.30. The number of amides is 1. The van der Waals surface area contributed by atoms with Gasteiger partial charge in [-0.15, -0.1) is 24.8 Å². The Labute approximate surface area is 149 Å². The molecule has 0 saturated carbocycles. The van der Waals surface area contributed by atoms with Gasteiger partial charge in [0.1, 0.15) is 0 Å². The van der Waals surface area contributed by atoms with Crippen molar-refractivity contribution in [3.05, 3.63) is 30.6 Å². The van der Waals surface area contributed by atoms with Crippen LogP contribution in [0, 0.1) is 5.92 Å². The van der Waals surface area contributed by atoms with E-state index in [1.165, 1.54) is 0 Å². The van der Waals surface area contributed by atoms with Gasteiger partial charge in [-0.25, -0.2) is 4.98 Å². The van der Waals surface area contributed by atoms with Gasteiger partial charge in [0, 0.05) is 19.6 Å². The van der Waals surface area contributed by atoms with Gasteiger partial charge in [-0.2, -0.15) is 0 Å². The Kier molecular flexibility index (Phi) is 8.37. The molecule has 1 aromatic heterocycles. The minimum Gasteiger partial charge on any atom is -0.356 e. The van der Waals surface area contributed by atoms with E-state index in [1.807, 2.05) is 24.5 Å². The normalized spacial score (nSPS) is 17.1. The summed E-state index contributed by atoms with van der Waals surface area (Å²) in [5.74, 6) is 0.338. The van der Waals surface area contributed by atoms with Crippen LogP contribution in [0.15, 0.2) is 30.6 Å². The zero-order valence-corrected chi connectivity index (χ0v) is 14.7. The Morgan fingerprint density at radius 3 is 2.96 bits per heavy atom. The van der Waals surface area contributed by atoms with Crippen LogP contribution < -0.4 is 10.6 Å². The largest absolute Gasteiger partial charge is 0.356 e. The first-order valence-electron chi connectivity index (χ1n) is 7.73. The van der Waals surface area contributed by atoms with Gasteiger partial charge in [0.2, 0.25) is 5.91 Å². The molecule has 2 N–H and O–H groups in total. The molecule has 2 heterocycles.